The van der Waals surface area contributed by atoms with Gasteiger partial charge in [0.05, 0.1) is 5.56 Å². The van der Waals surface area contributed by atoms with E-state index in [0.29, 0.717) is 11.4 Å². The third-order valence-corrected chi connectivity index (χ3v) is 2.94. The molecular weight excluding hydrogens is 241 g/mol. The molecule has 94 valence electrons. The zero-order chi connectivity index (χ0) is 13.2. The molecule has 0 amide bonds. The summed E-state index contributed by atoms with van der Waals surface area (Å²) < 4.78 is 15.7. The second kappa shape index (κ2) is 4.65. The molecule has 0 saturated carbocycles. The Balaban J connectivity index is 2.18. The number of rotatable bonds is 2. The van der Waals surface area contributed by atoms with E-state index in [4.69, 9.17) is 0 Å². The van der Waals surface area contributed by atoms with Crippen LogP contribution in [0.3, 0.4) is 0 Å². The molecule has 0 aliphatic rings. The first-order chi connectivity index (χ1) is 9.25. The molecule has 0 unspecified atom stereocenters. The van der Waals surface area contributed by atoms with Crippen molar-refractivity contribution < 1.29 is 4.39 Å². The summed E-state index contributed by atoms with van der Waals surface area (Å²) in [6, 6.07) is 14.6. The molecule has 3 rings (SSSR count). The number of benzene rings is 2. The smallest absolute Gasteiger partial charge is 0.171 e. The highest BCUT2D eigenvalue weighted by atomic mass is 19.1. The van der Waals surface area contributed by atoms with Crippen LogP contribution in [0.15, 0.2) is 54.9 Å². The average Bonchev–Trinajstić information content (AvgIpc) is 2.91. The second-order valence-corrected chi connectivity index (χ2v) is 4.34. The Kier molecular flexibility index (Phi) is 2.83. The highest BCUT2D eigenvalue weighted by Crippen LogP contribution is 2.24. The van der Waals surface area contributed by atoms with Crippen LogP contribution in [0.2, 0.25) is 0 Å². The van der Waals surface area contributed by atoms with Gasteiger partial charge in [0.25, 0.3) is 0 Å². The molecule has 19 heavy (non-hydrogen) atoms. The number of para-hydroxylation sites is 1. The van der Waals surface area contributed by atoms with E-state index in [-0.39, 0.29) is 5.82 Å². The van der Waals surface area contributed by atoms with Gasteiger partial charge in [-0.15, -0.1) is 10.2 Å². The zero-order valence-electron chi connectivity index (χ0n) is 10.4. The summed E-state index contributed by atoms with van der Waals surface area (Å²) in [6.07, 6.45) is 1.59. The van der Waals surface area contributed by atoms with Gasteiger partial charge in [-0.3, -0.25) is 4.57 Å². The highest BCUT2D eigenvalue weighted by molar-refractivity contribution is 5.59. The van der Waals surface area contributed by atoms with Crippen molar-refractivity contribution >= 4 is 0 Å². The van der Waals surface area contributed by atoms with Crippen molar-refractivity contribution in [2.24, 2.45) is 0 Å². The molecule has 0 fully saturated rings. The summed E-state index contributed by atoms with van der Waals surface area (Å²) >= 11 is 0. The third-order valence-electron chi connectivity index (χ3n) is 2.94. The van der Waals surface area contributed by atoms with E-state index in [1.54, 1.807) is 23.0 Å². The largest absolute Gasteiger partial charge is 0.282 e. The van der Waals surface area contributed by atoms with Crippen LogP contribution >= 0.6 is 0 Å². The van der Waals surface area contributed by atoms with Crippen molar-refractivity contribution in [2.75, 3.05) is 0 Å². The van der Waals surface area contributed by atoms with E-state index >= 15 is 0 Å². The molecule has 0 N–H and O–H groups in total. The molecule has 0 bridgehead atoms. The molecule has 3 nitrogen and oxygen atoms in total. The minimum Gasteiger partial charge on any atom is -0.282 e. The molecule has 0 aliphatic heterocycles. The molecule has 0 aliphatic carbocycles. The van der Waals surface area contributed by atoms with E-state index in [0.717, 1.165) is 11.3 Å². The van der Waals surface area contributed by atoms with Crippen molar-refractivity contribution in [1.82, 2.24) is 14.8 Å². The van der Waals surface area contributed by atoms with Crippen molar-refractivity contribution in [2.45, 2.75) is 6.92 Å². The zero-order valence-corrected chi connectivity index (χ0v) is 10.4. The van der Waals surface area contributed by atoms with E-state index in [1.165, 1.54) is 6.07 Å². The number of aryl methyl sites for hydroxylation is 1. The number of halogens is 1. The average molecular weight is 253 g/mol. The number of nitrogens with zero attached hydrogens (tertiary/aromatic N) is 3. The van der Waals surface area contributed by atoms with Crippen LogP contribution in [0.25, 0.3) is 17.1 Å². The van der Waals surface area contributed by atoms with Gasteiger partial charge in [0, 0.05) is 5.69 Å². The maximum Gasteiger partial charge on any atom is 0.171 e. The van der Waals surface area contributed by atoms with E-state index < -0.39 is 0 Å². The Hall–Kier alpha value is -2.49. The molecule has 0 atom stereocenters. The Bertz CT molecular complexity index is 704. The minimum absolute atomic E-state index is 0.296. The summed E-state index contributed by atoms with van der Waals surface area (Å²) in [6.45, 7) is 1.92. The molecule has 3 aromatic rings. The van der Waals surface area contributed by atoms with Crippen LogP contribution in [0.1, 0.15) is 5.56 Å². The number of aromatic nitrogens is 3. The Morgan fingerprint density at radius 1 is 1.05 bits per heavy atom. The monoisotopic (exact) mass is 253 g/mol. The van der Waals surface area contributed by atoms with Crippen molar-refractivity contribution in [3.8, 4) is 17.1 Å². The standard InChI is InChI=1S/C15H12FN3/c1-11-7-8-14(16)13(9-11)15-18-17-10-19(15)12-5-3-2-4-6-12/h2-10H,1H3. The normalized spacial score (nSPS) is 10.6. The fourth-order valence-corrected chi connectivity index (χ4v) is 2.01. The van der Waals surface area contributed by atoms with Gasteiger partial charge in [0.1, 0.15) is 12.1 Å². The summed E-state index contributed by atoms with van der Waals surface area (Å²) in [5, 5.41) is 7.93. The van der Waals surface area contributed by atoms with Gasteiger partial charge < -0.3 is 0 Å². The van der Waals surface area contributed by atoms with Crippen LogP contribution < -0.4 is 0 Å². The topological polar surface area (TPSA) is 30.7 Å². The fourth-order valence-electron chi connectivity index (χ4n) is 2.01. The third kappa shape index (κ3) is 2.12. The number of hydrogen-bond donors (Lipinski definition) is 0. The SMILES string of the molecule is Cc1ccc(F)c(-c2nncn2-c2ccccc2)c1. The second-order valence-electron chi connectivity index (χ2n) is 4.34. The molecule has 2 aromatic carbocycles. The van der Waals surface area contributed by atoms with E-state index in [9.17, 15) is 4.39 Å². The lowest BCUT2D eigenvalue weighted by molar-refractivity contribution is 0.629. The van der Waals surface area contributed by atoms with Gasteiger partial charge in [0.15, 0.2) is 5.82 Å². The van der Waals surface area contributed by atoms with E-state index in [1.807, 2.05) is 37.3 Å². The summed E-state index contributed by atoms with van der Waals surface area (Å²) in [4.78, 5) is 0. The first-order valence-corrected chi connectivity index (χ1v) is 5.97. The highest BCUT2D eigenvalue weighted by Gasteiger charge is 2.13. The Morgan fingerprint density at radius 3 is 2.63 bits per heavy atom. The predicted octanol–water partition coefficient (Wildman–Crippen LogP) is 3.38. The molecule has 4 heteroatoms. The van der Waals surface area contributed by atoms with Crippen LogP contribution in [0.4, 0.5) is 4.39 Å². The summed E-state index contributed by atoms with van der Waals surface area (Å²) in [7, 11) is 0. The minimum atomic E-state index is -0.296. The summed E-state index contributed by atoms with van der Waals surface area (Å²) in [5.41, 5.74) is 2.35. The first kappa shape index (κ1) is 11.6. The molecule has 0 saturated heterocycles. The maximum absolute atomic E-state index is 13.9. The van der Waals surface area contributed by atoms with Gasteiger partial charge in [0.2, 0.25) is 0 Å². The Morgan fingerprint density at radius 2 is 1.84 bits per heavy atom. The maximum atomic E-state index is 13.9. The fraction of sp³-hybridized carbons (Fsp3) is 0.0667. The van der Waals surface area contributed by atoms with Gasteiger partial charge >= 0.3 is 0 Å². The predicted molar refractivity (Wildman–Crippen MR) is 71.5 cm³/mol. The van der Waals surface area contributed by atoms with Crippen LogP contribution in [0, 0.1) is 12.7 Å². The molecule has 0 radical (unpaired) electrons. The van der Waals surface area contributed by atoms with Crippen molar-refractivity contribution in [1.29, 1.82) is 0 Å². The Labute approximate surface area is 110 Å². The molecular formula is C15H12FN3. The van der Waals surface area contributed by atoms with Gasteiger partial charge in [-0.25, -0.2) is 4.39 Å². The molecule has 0 spiro atoms. The lowest BCUT2D eigenvalue weighted by atomic mass is 10.1. The quantitative estimate of drug-likeness (QED) is 0.701. The molecule has 1 aromatic heterocycles. The van der Waals surface area contributed by atoms with E-state index in [2.05, 4.69) is 10.2 Å². The number of hydrogen-bond acceptors (Lipinski definition) is 2. The van der Waals surface area contributed by atoms with Crippen LogP contribution in [-0.2, 0) is 0 Å². The van der Waals surface area contributed by atoms with Crippen molar-refractivity contribution in [3.63, 3.8) is 0 Å². The molecule has 1 heterocycles. The lowest BCUT2D eigenvalue weighted by Gasteiger charge is -2.07. The lowest BCUT2D eigenvalue weighted by Crippen LogP contribution is -1.98. The van der Waals surface area contributed by atoms with Crippen molar-refractivity contribution in [3.05, 3.63) is 66.2 Å². The van der Waals surface area contributed by atoms with Gasteiger partial charge in [-0.2, -0.15) is 0 Å². The van der Waals surface area contributed by atoms with Gasteiger partial charge in [-0.1, -0.05) is 29.8 Å². The summed E-state index contributed by atoms with van der Waals surface area (Å²) in [5.74, 6) is 0.211. The van der Waals surface area contributed by atoms with Crippen LogP contribution in [0.5, 0.6) is 0 Å². The van der Waals surface area contributed by atoms with Crippen LogP contribution in [-0.4, -0.2) is 14.8 Å². The van der Waals surface area contributed by atoms with Gasteiger partial charge in [-0.05, 0) is 31.2 Å². The first-order valence-electron chi connectivity index (χ1n) is 5.97.